The second-order valence-corrected chi connectivity index (χ2v) is 6.08. The molecule has 11 nitrogen and oxygen atoms in total. The van der Waals surface area contributed by atoms with Crippen LogP contribution in [0.5, 0.6) is 0 Å². The molecule has 0 spiro atoms. The number of nitrogens with one attached hydrogen (secondary N) is 1. The van der Waals surface area contributed by atoms with E-state index < -0.39 is 29.7 Å². The number of aromatic nitrogens is 4. The van der Waals surface area contributed by atoms with Gasteiger partial charge in [0.2, 0.25) is 0 Å². The number of carbonyl (C=O) groups excluding carboxylic acids is 2. The predicted molar refractivity (Wildman–Crippen MR) is 96.3 cm³/mol. The number of ether oxygens (including phenoxy) is 1. The van der Waals surface area contributed by atoms with Crippen molar-refractivity contribution in [2.45, 2.75) is 19.5 Å². The summed E-state index contributed by atoms with van der Waals surface area (Å²) in [6.45, 7) is -0.0935. The summed E-state index contributed by atoms with van der Waals surface area (Å²) in [5.74, 6) is -0.471. The first-order valence-electron chi connectivity index (χ1n) is 8.44. The number of aryl methyl sites for hydroxylation is 2. The largest absolute Gasteiger partial charge is 0.467 e. The van der Waals surface area contributed by atoms with Crippen LogP contribution < -0.4 is 16.6 Å². The van der Waals surface area contributed by atoms with Crippen LogP contribution in [-0.2, 0) is 41.5 Å². The third-order valence-electron chi connectivity index (χ3n) is 4.18. The minimum atomic E-state index is -0.600. The number of fused-ring (bicyclic) bond motifs is 1. The fourth-order valence-corrected chi connectivity index (χ4v) is 2.65. The highest BCUT2D eigenvalue weighted by molar-refractivity contribution is 5.80. The molecular weight excluding hydrogens is 370 g/mol. The zero-order valence-electron chi connectivity index (χ0n) is 15.4. The predicted octanol–water partition coefficient (Wildman–Crippen LogP) is -0.724. The van der Waals surface area contributed by atoms with Gasteiger partial charge in [-0.15, -0.1) is 0 Å². The number of furan rings is 1. The van der Waals surface area contributed by atoms with E-state index >= 15 is 0 Å². The Morgan fingerprint density at radius 3 is 2.75 bits per heavy atom. The van der Waals surface area contributed by atoms with Crippen molar-refractivity contribution in [2.24, 2.45) is 14.1 Å². The van der Waals surface area contributed by atoms with E-state index in [9.17, 15) is 19.2 Å². The van der Waals surface area contributed by atoms with Gasteiger partial charge in [-0.25, -0.2) is 9.78 Å². The molecule has 0 aromatic carbocycles. The highest BCUT2D eigenvalue weighted by Gasteiger charge is 2.15. The van der Waals surface area contributed by atoms with Gasteiger partial charge in [0.05, 0.1) is 25.6 Å². The zero-order chi connectivity index (χ0) is 20.3. The molecule has 0 fully saturated rings. The van der Waals surface area contributed by atoms with Crippen LogP contribution >= 0.6 is 0 Å². The van der Waals surface area contributed by atoms with Crippen LogP contribution in [0.1, 0.15) is 12.2 Å². The maximum absolute atomic E-state index is 12.3. The zero-order valence-corrected chi connectivity index (χ0v) is 15.4. The summed E-state index contributed by atoms with van der Waals surface area (Å²) in [6.07, 6.45) is 2.81. The van der Waals surface area contributed by atoms with Gasteiger partial charge in [-0.2, -0.15) is 0 Å². The first kappa shape index (κ1) is 19.1. The average Bonchev–Trinajstić information content (AvgIpc) is 3.35. The van der Waals surface area contributed by atoms with E-state index in [4.69, 9.17) is 9.15 Å². The average molecular weight is 389 g/mol. The van der Waals surface area contributed by atoms with Crippen molar-refractivity contribution >= 4 is 23.0 Å². The van der Waals surface area contributed by atoms with Crippen molar-refractivity contribution in [3.63, 3.8) is 0 Å². The molecule has 3 aromatic rings. The molecule has 3 rings (SSSR count). The van der Waals surface area contributed by atoms with Crippen LogP contribution in [0.4, 0.5) is 0 Å². The van der Waals surface area contributed by atoms with Gasteiger partial charge >= 0.3 is 11.7 Å². The number of hydrogen-bond donors (Lipinski definition) is 1. The minimum absolute atomic E-state index is 0.0665. The van der Waals surface area contributed by atoms with Crippen molar-refractivity contribution in [2.75, 3.05) is 6.61 Å². The molecule has 0 aliphatic heterocycles. The summed E-state index contributed by atoms with van der Waals surface area (Å²) in [5.41, 5.74) is -0.531. The molecule has 0 bridgehead atoms. The maximum atomic E-state index is 12.3. The molecule has 0 unspecified atom stereocenters. The van der Waals surface area contributed by atoms with Gasteiger partial charge in [-0.1, -0.05) is 0 Å². The number of carbonyl (C=O) groups is 2. The second kappa shape index (κ2) is 7.94. The molecule has 3 heterocycles. The molecule has 0 atom stereocenters. The van der Waals surface area contributed by atoms with E-state index in [0.717, 1.165) is 4.57 Å². The smallest absolute Gasteiger partial charge is 0.332 e. The summed E-state index contributed by atoms with van der Waals surface area (Å²) < 4.78 is 13.7. The fraction of sp³-hybridized carbons (Fsp3) is 0.353. The van der Waals surface area contributed by atoms with Crippen LogP contribution in [0.15, 0.2) is 38.7 Å². The molecule has 3 aromatic heterocycles. The SMILES string of the molecule is Cn1c(=O)c2c(ncn2CCC(=O)OCC(=O)NCc2ccco2)n(C)c1=O. The molecule has 28 heavy (non-hydrogen) atoms. The lowest BCUT2D eigenvalue weighted by Crippen LogP contribution is -2.37. The van der Waals surface area contributed by atoms with E-state index in [1.165, 1.54) is 35.8 Å². The summed E-state index contributed by atoms with van der Waals surface area (Å²) in [4.78, 5) is 51.9. The Morgan fingerprint density at radius 2 is 2.04 bits per heavy atom. The van der Waals surface area contributed by atoms with Gasteiger partial charge in [0.1, 0.15) is 5.76 Å². The summed E-state index contributed by atoms with van der Waals surface area (Å²) in [6, 6.07) is 3.41. The summed E-state index contributed by atoms with van der Waals surface area (Å²) in [5, 5.41) is 2.56. The van der Waals surface area contributed by atoms with Gasteiger partial charge in [0, 0.05) is 20.6 Å². The van der Waals surface area contributed by atoms with Crippen LogP contribution in [0, 0.1) is 0 Å². The molecule has 0 aliphatic rings. The van der Waals surface area contributed by atoms with Gasteiger partial charge in [0.25, 0.3) is 11.5 Å². The van der Waals surface area contributed by atoms with Gasteiger partial charge in [-0.05, 0) is 12.1 Å². The van der Waals surface area contributed by atoms with Crippen molar-refractivity contribution in [1.29, 1.82) is 0 Å². The first-order valence-corrected chi connectivity index (χ1v) is 8.44. The Bertz CT molecular complexity index is 1120. The lowest BCUT2D eigenvalue weighted by molar-refractivity contribution is -0.148. The Balaban J connectivity index is 1.55. The van der Waals surface area contributed by atoms with Crippen LogP contribution in [0.25, 0.3) is 11.2 Å². The number of rotatable bonds is 7. The number of imidazole rings is 1. The monoisotopic (exact) mass is 389 g/mol. The van der Waals surface area contributed by atoms with E-state index in [2.05, 4.69) is 10.3 Å². The van der Waals surface area contributed by atoms with E-state index in [-0.39, 0.29) is 30.7 Å². The highest BCUT2D eigenvalue weighted by atomic mass is 16.5. The molecule has 0 radical (unpaired) electrons. The Kier molecular flexibility index (Phi) is 5.43. The molecule has 11 heteroatoms. The Morgan fingerprint density at radius 1 is 1.25 bits per heavy atom. The van der Waals surface area contributed by atoms with Crippen LogP contribution in [0.2, 0.25) is 0 Å². The van der Waals surface area contributed by atoms with Crippen molar-refractivity contribution in [1.82, 2.24) is 24.0 Å². The van der Waals surface area contributed by atoms with Gasteiger partial charge in [0.15, 0.2) is 17.8 Å². The van der Waals surface area contributed by atoms with Crippen LogP contribution in [0.3, 0.4) is 0 Å². The quantitative estimate of drug-likeness (QED) is 0.528. The number of esters is 1. The van der Waals surface area contributed by atoms with E-state index in [1.54, 1.807) is 12.1 Å². The molecule has 0 saturated carbocycles. The first-order chi connectivity index (χ1) is 13.4. The minimum Gasteiger partial charge on any atom is -0.467 e. The standard InChI is InChI=1S/C17H19N5O6/c1-20-15-14(16(25)21(2)17(20)26)22(10-19-15)6-5-13(24)28-9-12(23)18-8-11-4-3-7-27-11/h3-4,7,10H,5-6,8-9H2,1-2H3,(H,18,23). The highest BCUT2D eigenvalue weighted by Crippen LogP contribution is 2.06. The molecule has 1 amide bonds. The fourth-order valence-electron chi connectivity index (χ4n) is 2.65. The lowest BCUT2D eigenvalue weighted by Gasteiger charge is -2.07. The van der Waals surface area contributed by atoms with Crippen molar-refractivity contribution < 1.29 is 18.7 Å². The van der Waals surface area contributed by atoms with Crippen molar-refractivity contribution in [3.05, 3.63) is 51.3 Å². The second-order valence-electron chi connectivity index (χ2n) is 6.08. The van der Waals surface area contributed by atoms with E-state index in [1.807, 2.05) is 0 Å². The topological polar surface area (TPSA) is 130 Å². The van der Waals surface area contributed by atoms with E-state index in [0.29, 0.717) is 5.76 Å². The van der Waals surface area contributed by atoms with Crippen LogP contribution in [-0.4, -0.2) is 37.2 Å². The maximum Gasteiger partial charge on any atom is 0.332 e. The third-order valence-corrected chi connectivity index (χ3v) is 4.18. The number of nitrogens with zero attached hydrogens (tertiary/aromatic N) is 4. The normalized spacial score (nSPS) is 10.9. The Labute approximate surface area is 158 Å². The Hall–Kier alpha value is -3.63. The van der Waals surface area contributed by atoms with Gasteiger partial charge < -0.3 is 19.0 Å². The third kappa shape index (κ3) is 3.87. The lowest BCUT2D eigenvalue weighted by atomic mass is 10.4. The molecule has 0 saturated heterocycles. The summed E-state index contributed by atoms with van der Waals surface area (Å²) >= 11 is 0. The molecular formula is C17H19N5O6. The van der Waals surface area contributed by atoms with Crippen molar-refractivity contribution in [3.8, 4) is 0 Å². The number of hydrogen-bond acceptors (Lipinski definition) is 7. The van der Waals surface area contributed by atoms with Gasteiger partial charge in [-0.3, -0.25) is 23.5 Å². The number of amides is 1. The molecule has 0 aliphatic carbocycles. The molecule has 1 N–H and O–H groups in total. The summed E-state index contributed by atoms with van der Waals surface area (Å²) in [7, 11) is 2.88. The molecule has 148 valence electrons.